The predicted molar refractivity (Wildman–Crippen MR) is 50.6 cm³/mol. The van der Waals surface area contributed by atoms with Gasteiger partial charge in [0, 0.05) is 11.1 Å². The molecule has 1 aromatic carbocycles. The minimum Gasteiger partial charge on any atom is -0.443 e. The van der Waals surface area contributed by atoms with Crippen molar-refractivity contribution in [2.24, 2.45) is 0 Å². The lowest BCUT2D eigenvalue weighted by Crippen LogP contribution is -1.81. The Balaban J connectivity index is 2.88. The van der Waals surface area contributed by atoms with Crippen LogP contribution in [0.4, 0.5) is 5.69 Å². The number of furan rings is 1. The van der Waals surface area contributed by atoms with Gasteiger partial charge in [-0.2, -0.15) is 0 Å². The van der Waals surface area contributed by atoms with Crippen LogP contribution in [0.2, 0.25) is 10.2 Å². The maximum atomic E-state index is 5.83. The molecule has 0 unspecified atom stereocenters. The molecule has 2 rings (SSSR count). The summed E-state index contributed by atoms with van der Waals surface area (Å²) in [5.41, 5.74) is 6.85. The van der Waals surface area contributed by atoms with Gasteiger partial charge in [-0.05, 0) is 29.8 Å². The zero-order chi connectivity index (χ0) is 8.72. The summed E-state index contributed by atoms with van der Waals surface area (Å²) in [6.07, 6.45) is 0. The molecule has 62 valence electrons. The number of halogens is 2. The largest absolute Gasteiger partial charge is 0.443 e. The second-order valence-corrected chi connectivity index (χ2v) is 3.17. The second-order valence-electron chi connectivity index (χ2n) is 2.45. The number of hydrogen-bond donors (Lipinski definition) is 1. The molecular formula is C8H5Cl2NO. The van der Waals surface area contributed by atoms with E-state index in [4.69, 9.17) is 33.4 Å². The topological polar surface area (TPSA) is 39.2 Å². The van der Waals surface area contributed by atoms with Crippen molar-refractivity contribution >= 4 is 39.9 Å². The molecule has 0 atom stereocenters. The molecular weight excluding hydrogens is 197 g/mol. The summed E-state index contributed by atoms with van der Waals surface area (Å²) >= 11 is 11.5. The van der Waals surface area contributed by atoms with E-state index in [1.807, 2.05) is 0 Å². The maximum absolute atomic E-state index is 5.83. The van der Waals surface area contributed by atoms with E-state index in [9.17, 15) is 0 Å². The fourth-order valence-corrected chi connectivity index (χ4v) is 1.43. The molecule has 1 heterocycles. The molecule has 1 aromatic heterocycles. The highest BCUT2D eigenvalue weighted by Crippen LogP contribution is 2.34. The van der Waals surface area contributed by atoms with Crippen LogP contribution in [0, 0.1) is 0 Å². The summed E-state index contributed by atoms with van der Waals surface area (Å²) in [6, 6.07) is 5.20. The van der Waals surface area contributed by atoms with Crippen molar-refractivity contribution < 1.29 is 4.42 Å². The Morgan fingerprint density at radius 1 is 1.25 bits per heavy atom. The first-order valence-electron chi connectivity index (χ1n) is 3.31. The molecule has 2 aromatic rings. The lowest BCUT2D eigenvalue weighted by atomic mass is 10.2. The molecule has 0 saturated carbocycles. The molecule has 12 heavy (non-hydrogen) atoms. The Morgan fingerprint density at radius 2 is 2.00 bits per heavy atom. The van der Waals surface area contributed by atoms with Gasteiger partial charge in [0.1, 0.15) is 10.6 Å². The number of benzene rings is 1. The number of anilines is 1. The molecule has 2 N–H and O–H groups in total. The summed E-state index contributed by atoms with van der Waals surface area (Å²) in [4.78, 5) is 0. The van der Waals surface area contributed by atoms with Gasteiger partial charge in [0.25, 0.3) is 0 Å². The summed E-state index contributed by atoms with van der Waals surface area (Å²) < 4.78 is 5.13. The van der Waals surface area contributed by atoms with E-state index < -0.39 is 0 Å². The van der Waals surface area contributed by atoms with Crippen molar-refractivity contribution in [1.29, 1.82) is 0 Å². The Hall–Kier alpha value is -0.860. The molecule has 0 bridgehead atoms. The third-order valence-electron chi connectivity index (χ3n) is 1.61. The minimum absolute atomic E-state index is 0.206. The molecule has 0 aliphatic carbocycles. The molecule has 0 radical (unpaired) electrons. The lowest BCUT2D eigenvalue weighted by Gasteiger charge is -1.90. The molecule has 4 heteroatoms. The average Bonchev–Trinajstić information content (AvgIpc) is 2.31. The van der Waals surface area contributed by atoms with Crippen molar-refractivity contribution in [1.82, 2.24) is 0 Å². The van der Waals surface area contributed by atoms with Gasteiger partial charge in [-0.25, -0.2) is 0 Å². The molecule has 2 nitrogen and oxygen atoms in total. The zero-order valence-corrected chi connectivity index (χ0v) is 7.49. The second kappa shape index (κ2) is 2.57. The van der Waals surface area contributed by atoms with E-state index in [1.54, 1.807) is 18.2 Å². The predicted octanol–water partition coefficient (Wildman–Crippen LogP) is 3.32. The normalized spacial score (nSPS) is 10.8. The Bertz CT molecular complexity index is 436. The molecule has 0 amide bonds. The fourth-order valence-electron chi connectivity index (χ4n) is 1.06. The van der Waals surface area contributed by atoms with Crippen molar-refractivity contribution in [3.63, 3.8) is 0 Å². The summed E-state index contributed by atoms with van der Waals surface area (Å²) in [5, 5.41) is 1.37. The van der Waals surface area contributed by atoms with Gasteiger partial charge >= 0.3 is 0 Å². The zero-order valence-electron chi connectivity index (χ0n) is 5.97. The van der Waals surface area contributed by atoms with E-state index in [0.717, 1.165) is 5.39 Å². The van der Waals surface area contributed by atoms with Crippen LogP contribution in [-0.2, 0) is 0 Å². The highest BCUT2D eigenvalue weighted by atomic mass is 35.5. The van der Waals surface area contributed by atoms with Gasteiger partial charge in [-0.3, -0.25) is 0 Å². The van der Waals surface area contributed by atoms with Gasteiger partial charge in [-0.15, -0.1) is 0 Å². The van der Waals surface area contributed by atoms with E-state index >= 15 is 0 Å². The smallest absolute Gasteiger partial charge is 0.213 e. The van der Waals surface area contributed by atoms with Gasteiger partial charge in [0.15, 0.2) is 0 Å². The van der Waals surface area contributed by atoms with Crippen LogP contribution in [0.15, 0.2) is 22.6 Å². The van der Waals surface area contributed by atoms with Crippen LogP contribution in [0.25, 0.3) is 11.0 Å². The van der Waals surface area contributed by atoms with Crippen molar-refractivity contribution in [2.75, 3.05) is 5.73 Å². The van der Waals surface area contributed by atoms with Crippen molar-refractivity contribution in [2.45, 2.75) is 0 Å². The van der Waals surface area contributed by atoms with Crippen LogP contribution in [0.1, 0.15) is 0 Å². The first kappa shape index (κ1) is 7.77. The van der Waals surface area contributed by atoms with E-state index in [-0.39, 0.29) is 5.22 Å². The Labute approximate surface area is 78.9 Å². The van der Waals surface area contributed by atoms with Gasteiger partial charge in [-0.1, -0.05) is 11.6 Å². The summed E-state index contributed by atoms with van der Waals surface area (Å²) in [6.45, 7) is 0. The SMILES string of the molecule is Nc1ccc2oc(Cl)c(Cl)c2c1. The highest BCUT2D eigenvalue weighted by molar-refractivity contribution is 6.44. The number of fused-ring (bicyclic) bond motifs is 1. The highest BCUT2D eigenvalue weighted by Gasteiger charge is 2.09. The van der Waals surface area contributed by atoms with Crippen LogP contribution in [-0.4, -0.2) is 0 Å². The third kappa shape index (κ3) is 1.04. The number of rotatable bonds is 0. The molecule has 0 spiro atoms. The number of nitrogen functional groups attached to an aromatic ring is 1. The van der Waals surface area contributed by atoms with Crippen molar-refractivity contribution in [3.8, 4) is 0 Å². The molecule has 0 fully saturated rings. The van der Waals surface area contributed by atoms with Crippen LogP contribution < -0.4 is 5.73 Å². The van der Waals surface area contributed by atoms with Crippen LogP contribution in [0.3, 0.4) is 0 Å². The maximum Gasteiger partial charge on any atom is 0.213 e. The molecule has 0 saturated heterocycles. The monoisotopic (exact) mass is 201 g/mol. The Morgan fingerprint density at radius 3 is 2.75 bits per heavy atom. The number of nitrogens with two attached hydrogens (primary N) is 1. The standard InChI is InChI=1S/C8H5Cl2NO/c9-7-5-3-4(11)1-2-6(5)12-8(7)10/h1-3H,11H2. The van der Waals surface area contributed by atoms with Gasteiger partial charge in [0.05, 0.1) is 0 Å². The first-order valence-corrected chi connectivity index (χ1v) is 4.07. The quantitative estimate of drug-likeness (QED) is 0.665. The first-order chi connectivity index (χ1) is 5.68. The van der Waals surface area contributed by atoms with E-state index in [2.05, 4.69) is 0 Å². The van der Waals surface area contributed by atoms with E-state index in [0.29, 0.717) is 16.3 Å². The molecule has 0 aliphatic rings. The average molecular weight is 202 g/mol. The molecule has 0 aliphatic heterocycles. The third-order valence-corrected chi connectivity index (χ3v) is 2.35. The van der Waals surface area contributed by atoms with Gasteiger partial charge < -0.3 is 10.2 Å². The lowest BCUT2D eigenvalue weighted by molar-refractivity contribution is 0.618. The number of hydrogen-bond acceptors (Lipinski definition) is 2. The van der Waals surface area contributed by atoms with Crippen LogP contribution >= 0.6 is 23.2 Å². The van der Waals surface area contributed by atoms with E-state index in [1.165, 1.54) is 0 Å². The minimum atomic E-state index is 0.206. The van der Waals surface area contributed by atoms with Crippen molar-refractivity contribution in [3.05, 3.63) is 28.4 Å². The fraction of sp³-hybridized carbons (Fsp3) is 0. The summed E-state index contributed by atoms with van der Waals surface area (Å²) in [5.74, 6) is 0. The Kier molecular flexibility index (Phi) is 1.67. The van der Waals surface area contributed by atoms with Gasteiger partial charge in [0.2, 0.25) is 5.22 Å². The summed E-state index contributed by atoms with van der Waals surface area (Å²) in [7, 11) is 0. The van der Waals surface area contributed by atoms with Crippen LogP contribution in [0.5, 0.6) is 0 Å².